The van der Waals surface area contributed by atoms with Crippen LogP contribution in [0.25, 0.3) is 0 Å². The van der Waals surface area contributed by atoms with E-state index in [1.807, 2.05) is 30.3 Å². The molecule has 8 nitrogen and oxygen atoms in total. The molecule has 0 radical (unpaired) electrons. The van der Waals surface area contributed by atoms with Crippen molar-refractivity contribution in [1.29, 1.82) is 0 Å². The van der Waals surface area contributed by atoms with Gasteiger partial charge in [0.25, 0.3) is 5.91 Å². The molecule has 0 spiro atoms. The zero-order valence-corrected chi connectivity index (χ0v) is 26.7. The van der Waals surface area contributed by atoms with Crippen molar-refractivity contribution in [2.75, 3.05) is 16.8 Å². The second kappa shape index (κ2) is 11.0. The maximum absolute atomic E-state index is 13.9. The van der Waals surface area contributed by atoms with Gasteiger partial charge in [0.1, 0.15) is 11.6 Å². The normalized spacial score (nSPS) is 27.7. The van der Waals surface area contributed by atoms with E-state index >= 15 is 0 Å². The number of benzene rings is 3. The van der Waals surface area contributed by atoms with Crippen LogP contribution in [0.4, 0.5) is 15.8 Å². The molecule has 2 aliphatic carbocycles. The molecule has 3 heterocycles. The Morgan fingerprint density at radius 2 is 1.73 bits per heavy atom. The zero-order chi connectivity index (χ0) is 31.0. The molecule has 3 aromatic carbocycles. The summed E-state index contributed by atoms with van der Waals surface area (Å²) < 4.78 is 20.0. The number of halogens is 2. The lowest BCUT2D eigenvalue weighted by Gasteiger charge is -2.43. The Morgan fingerprint density at radius 1 is 1.00 bits per heavy atom. The molecule has 2 saturated carbocycles. The minimum Gasteiger partial charge on any atom is -0.484 e. The Kier molecular flexibility index (Phi) is 6.99. The number of amides is 3. The zero-order valence-electron chi connectivity index (χ0n) is 23.4. The maximum atomic E-state index is 13.9. The second-order valence-corrected chi connectivity index (χ2v) is 15.0. The van der Waals surface area contributed by atoms with E-state index in [1.165, 1.54) is 40.5 Å². The van der Waals surface area contributed by atoms with E-state index in [4.69, 9.17) is 4.74 Å². The number of aromatic nitrogens is 1. The van der Waals surface area contributed by atoms with Crippen molar-refractivity contribution < 1.29 is 23.5 Å². The summed E-state index contributed by atoms with van der Waals surface area (Å²) in [6.07, 6.45) is 0.790. The summed E-state index contributed by atoms with van der Waals surface area (Å²) in [5, 5.41) is 3.58. The Labute approximate surface area is 273 Å². The molecule has 3 fully saturated rings. The van der Waals surface area contributed by atoms with Gasteiger partial charge >= 0.3 is 4.87 Å². The van der Waals surface area contributed by atoms with Gasteiger partial charge in [0, 0.05) is 26.2 Å². The van der Waals surface area contributed by atoms with E-state index in [2.05, 4.69) is 26.2 Å². The average Bonchev–Trinajstić information content (AvgIpc) is 3.77. The predicted molar refractivity (Wildman–Crippen MR) is 172 cm³/mol. The van der Waals surface area contributed by atoms with Crippen LogP contribution in [0.3, 0.4) is 0 Å². The summed E-state index contributed by atoms with van der Waals surface area (Å²) in [5.74, 6) is -1.46. The first-order chi connectivity index (χ1) is 21.8. The van der Waals surface area contributed by atoms with E-state index < -0.39 is 11.7 Å². The highest BCUT2D eigenvalue weighted by Gasteiger charge is 2.69. The fourth-order valence-electron chi connectivity index (χ4n) is 7.91. The van der Waals surface area contributed by atoms with Crippen LogP contribution in [0.5, 0.6) is 5.75 Å². The van der Waals surface area contributed by atoms with E-state index in [0.29, 0.717) is 17.1 Å². The van der Waals surface area contributed by atoms with Crippen LogP contribution in [-0.2, 0) is 14.4 Å². The first-order valence-electron chi connectivity index (χ1n) is 14.6. The van der Waals surface area contributed by atoms with Gasteiger partial charge in [-0.3, -0.25) is 24.1 Å². The van der Waals surface area contributed by atoms with Gasteiger partial charge in [0.2, 0.25) is 11.8 Å². The molecule has 0 unspecified atom stereocenters. The van der Waals surface area contributed by atoms with E-state index in [1.54, 1.807) is 30.0 Å². The van der Waals surface area contributed by atoms with Crippen molar-refractivity contribution in [3.05, 3.63) is 103 Å². The minimum absolute atomic E-state index is 0.0144. The smallest absolute Gasteiger partial charge is 0.305 e. The number of hydrogen-bond acceptors (Lipinski definition) is 7. The van der Waals surface area contributed by atoms with Crippen LogP contribution in [-0.4, -0.2) is 34.6 Å². The number of hydrogen-bond donors (Lipinski definition) is 2. The summed E-state index contributed by atoms with van der Waals surface area (Å²) in [5.41, 5.74) is 1.99. The Morgan fingerprint density at radius 3 is 2.49 bits per heavy atom. The number of H-pyrrole nitrogens is 1. The molecule has 8 rings (SSSR count). The molecule has 45 heavy (non-hydrogen) atoms. The van der Waals surface area contributed by atoms with Crippen molar-refractivity contribution in [2.45, 2.75) is 22.6 Å². The van der Waals surface area contributed by atoms with Crippen molar-refractivity contribution in [3.8, 4) is 5.75 Å². The number of nitrogens with zero attached hydrogens (tertiary/aromatic N) is 1. The number of fused-ring (bicyclic) bond motifs is 9. The lowest BCUT2D eigenvalue weighted by molar-refractivity contribution is -0.123. The highest BCUT2D eigenvalue weighted by molar-refractivity contribution is 9.10. The summed E-state index contributed by atoms with van der Waals surface area (Å²) in [6, 6.07) is 20.3. The molecule has 2 N–H and O–H groups in total. The summed E-state index contributed by atoms with van der Waals surface area (Å²) in [4.78, 5) is 58.1. The lowest BCUT2D eigenvalue weighted by Crippen LogP contribution is -2.42. The maximum Gasteiger partial charge on any atom is 0.305 e. The van der Waals surface area contributed by atoms with Crippen LogP contribution in [0.2, 0.25) is 0 Å². The third kappa shape index (κ3) is 4.76. The Bertz CT molecular complexity index is 1910. The Hall–Kier alpha value is -3.74. The van der Waals surface area contributed by atoms with E-state index in [-0.39, 0.29) is 64.0 Å². The molecule has 1 aromatic heterocycles. The van der Waals surface area contributed by atoms with Gasteiger partial charge in [-0.1, -0.05) is 39.4 Å². The predicted octanol–water partition coefficient (Wildman–Crippen LogP) is 6.03. The summed E-state index contributed by atoms with van der Waals surface area (Å²) in [6.45, 7) is -0.243. The quantitative estimate of drug-likeness (QED) is 0.237. The molecule has 3 amide bonds. The fourth-order valence-corrected chi connectivity index (χ4v) is 11.1. The van der Waals surface area contributed by atoms with Gasteiger partial charge in [0.05, 0.1) is 22.5 Å². The standard InChI is InChI=1S/C33H25BrFN3O5S2/c34-16-4-10-19(11-5-16)38-31(40)26-21-13-22(27(26)32(38)41)28-25(21)24(29-30(44-28)37-33(42)45-29)15-2-1-3-20(12-15)43-14-23(39)36-18-8-6-17(35)7-9-18/h1-12,21-22,24-28H,13-14H2,(H,36,39)(H,37,42)/t21-,22-,24+,25-,26+,27+,28-/m1/s1. The van der Waals surface area contributed by atoms with Gasteiger partial charge in [-0.05, 0) is 90.4 Å². The molecule has 2 aliphatic heterocycles. The molecule has 7 atom stereocenters. The fraction of sp³-hybridized carbons (Fsp3) is 0.273. The number of nitrogens with one attached hydrogen (secondary N) is 2. The van der Waals surface area contributed by atoms with Crippen molar-refractivity contribution in [1.82, 2.24) is 4.98 Å². The van der Waals surface area contributed by atoms with Gasteiger partial charge in [-0.15, -0.1) is 11.8 Å². The van der Waals surface area contributed by atoms with Gasteiger partial charge in [0.15, 0.2) is 6.61 Å². The SMILES string of the molecule is O=C(COc1cccc([C@@H]2c3sc(=O)[nH]c3S[C@@H]3[C@@H]4C[C@@H]([C@@H]5C(=O)N(c6ccc(Br)cc6)C(=O)[C@@H]45)[C@H]23)c1)Nc1ccc(F)cc1. The first kappa shape index (κ1) is 28.7. The van der Waals surface area contributed by atoms with Gasteiger partial charge in [-0.2, -0.15) is 0 Å². The molecule has 1 saturated heterocycles. The molecular weight excluding hydrogens is 681 g/mol. The van der Waals surface area contributed by atoms with E-state index in [9.17, 15) is 23.6 Å². The van der Waals surface area contributed by atoms with Crippen LogP contribution < -0.4 is 19.8 Å². The van der Waals surface area contributed by atoms with Crippen LogP contribution >= 0.6 is 39.0 Å². The van der Waals surface area contributed by atoms with Gasteiger partial charge < -0.3 is 15.0 Å². The van der Waals surface area contributed by atoms with Crippen LogP contribution in [0, 0.1) is 35.4 Å². The average molecular weight is 707 g/mol. The number of imide groups is 1. The number of ether oxygens (including phenoxy) is 1. The Balaban J connectivity index is 1.08. The topological polar surface area (TPSA) is 109 Å². The molecule has 228 valence electrons. The highest BCUT2D eigenvalue weighted by Crippen LogP contribution is 2.68. The van der Waals surface area contributed by atoms with Crippen molar-refractivity contribution in [2.24, 2.45) is 29.6 Å². The largest absolute Gasteiger partial charge is 0.484 e. The second-order valence-electron chi connectivity index (χ2n) is 11.9. The van der Waals surface area contributed by atoms with E-state index in [0.717, 1.165) is 26.4 Å². The number of carbonyl (C=O) groups is 3. The van der Waals surface area contributed by atoms with Crippen molar-refractivity contribution >= 4 is 68.1 Å². The number of thioether (sulfide) groups is 1. The third-order valence-electron chi connectivity index (χ3n) is 9.52. The number of carbonyl (C=O) groups excluding carboxylic acids is 3. The molecule has 4 aromatic rings. The van der Waals surface area contributed by atoms with Gasteiger partial charge in [-0.25, -0.2) is 4.39 Å². The highest BCUT2D eigenvalue weighted by atomic mass is 79.9. The minimum atomic E-state index is -0.401. The third-order valence-corrected chi connectivity index (χ3v) is 12.6. The molecule has 4 aliphatic rings. The number of anilines is 2. The van der Waals surface area contributed by atoms with Crippen molar-refractivity contribution in [3.63, 3.8) is 0 Å². The summed E-state index contributed by atoms with van der Waals surface area (Å²) >= 11 is 6.26. The first-order valence-corrected chi connectivity index (χ1v) is 17.1. The van der Waals surface area contributed by atoms with Crippen LogP contribution in [0.1, 0.15) is 22.8 Å². The summed E-state index contributed by atoms with van der Waals surface area (Å²) in [7, 11) is 0. The monoisotopic (exact) mass is 705 g/mol. The number of aromatic amines is 1. The number of thiazole rings is 1. The lowest BCUT2D eigenvalue weighted by atomic mass is 9.68. The molecule has 2 bridgehead atoms. The number of rotatable bonds is 6. The van der Waals surface area contributed by atoms with Crippen LogP contribution in [0.15, 0.2) is 87.1 Å². The molecular formula is C33H25BrFN3O5S2. The molecule has 12 heteroatoms.